The summed E-state index contributed by atoms with van der Waals surface area (Å²) >= 11 is 0. The largest absolute Gasteiger partial charge is 0.497 e. The van der Waals surface area contributed by atoms with E-state index in [2.05, 4.69) is 15.3 Å². The summed E-state index contributed by atoms with van der Waals surface area (Å²) in [5, 5.41) is 2.88. The van der Waals surface area contributed by atoms with Gasteiger partial charge in [-0.05, 0) is 6.92 Å². The third-order valence-corrected chi connectivity index (χ3v) is 3.78. The first-order chi connectivity index (χ1) is 10.1. The highest BCUT2D eigenvalue weighted by atomic mass is 16.5. The van der Waals surface area contributed by atoms with Crippen molar-refractivity contribution in [1.82, 2.24) is 9.97 Å². The fourth-order valence-electron chi connectivity index (χ4n) is 2.79. The van der Waals surface area contributed by atoms with Crippen molar-refractivity contribution in [2.45, 2.75) is 19.3 Å². The third kappa shape index (κ3) is 2.22. The van der Waals surface area contributed by atoms with Crippen molar-refractivity contribution >= 4 is 11.6 Å². The van der Waals surface area contributed by atoms with Crippen LogP contribution in [-0.4, -0.2) is 30.1 Å². The highest BCUT2D eigenvalue weighted by Gasteiger charge is 2.32. The molecule has 1 amide bonds. The second-order valence-corrected chi connectivity index (χ2v) is 5.01. The van der Waals surface area contributed by atoms with E-state index < -0.39 is 0 Å². The summed E-state index contributed by atoms with van der Waals surface area (Å²) in [5.74, 6) is 1.17. The molecule has 1 aliphatic rings. The number of fused-ring (bicyclic) bond motifs is 1. The summed E-state index contributed by atoms with van der Waals surface area (Å²) in [6.45, 7) is 1.95. The van der Waals surface area contributed by atoms with Crippen LogP contribution in [0.5, 0.6) is 11.5 Å². The van der Waals surface area contributed by atoms with Crippen LogP contribution < -0.4 is 14.8 Å². The zero-order valence-corrected chi connectivity index (χ0v) is 12.2. The number of hydrogen-bond donors (Lipinski definition) is 2. The Kier molecular flexibility index (Phi) is 3.29. The average molecular weight is 287 g/mol. The molecule has 0 fully saturated rings. The van der Waals surface area contributed by atoms with Crippen LogP contribution in [0, 0.1) is 6.92 Å². The van der Waals surface area contributed by atoms with Crippen LogP contribution >= 0.6 is 0 Å². The number of benzene rings is 1. The van der Waals surface area contributed by atoms with Gasteiger partial charge in [0, 0.05) is 35.7 Å². The molecule has 0 radical (unpaired) electrons. The van der Waals surface area contributed by atoms with Gasteiger partial charge in [0.1, 0.15) is 11.5 Å². The van der Waals surface area contributed by atoms with Crippen LogP contribution in [0.1, 0.15) is 29.3 Å². The standard InChI is InChI=1S/C15H17N3O3/c1-8-15(17-7-16-8)10-6-13(19)18-11-4-9(20-2)5-12(21-3)14(10)11/h4-5,7,10H,6H2,1-3H3,(H,16,17)(H,18,19). The number of carbonyl (C=O) groups is 1. The van der Waals surface area contributed by atoms with Gasteiger partial charge >= 0.3 is 0 Å². The summed E-state index contributed by atoms with van der Waals surface area (Å²) in [5.41, 5.74) is 3.48. The fraction of sp³-hybridized carbons (Fsp3) is 0.333. The lowest BCUT2D eigenvalue weighted by molar-refractivity contribution is -0.116. The van der Waals surface area contributed by atoms with Crippen LogP contribution in [0.2, 0.25) is 0 Å². The number of imidazole rings is 1. The van der Waals surface area contributed by atoms with E-state index in [1.807, 2.05) is 19.1 Å². The molecule has 6 heteroatoms. The van der Waals surface area contributed by atoms with E-state index in [9.17, 15) is 4.79 Å². The van der Waals surface area contributed by atoms with Gasteiger partial charge in [-0.15, -0.1) is 0 Å². The molecule has 2 aromatic rings. The number of nitrogens with one attached hydrogen (secondary N) is 2. The second-order valence-electron chi connectivity index (χ2n) is 5.01. The van der Waals surface area contributed by atoms with Crippen molar-refractivity contribution in [1.29, 1.82) is 0 Å². The van der Waals surface area contributed by atoms with Crippen molar-refractivity contribution in [3.05, 3.63) is 35.4 Å². The summed E-state index contributed by atoms with van der Waals surface area (Å²) < 4.78 is 10.7. The molecule has 2 heterocycles. The van der Waals surface area contributed by atoms with E-state index in [1.165, 1.54) is 0 Å². The van der Waals surface area contributed by atoms with Crippen molar-refractivity contribution in [3.8, 4) is 11.5 Å². The number of anilines is 1. The van der Waals surface area contributed by atoms with Gasteiger partial charge in [0.05, 0.1) is 31.9 Å². The Hall–Kier alpha value is -2.50. The Morgan fingerprint density at radius 2 is 2.10 bits per heavy atom. The van der Waals surface area contributed by atoms with Crippen LogP contribution in [0.15, 0.2) is 18.5 Å². The topological polar surface area (TPSA) is 76.2 Å². The minimum atomic E-state index is -0.124. The number of methoxy groups -OCH3 is 2. The Morgan fingerprint density at radius 1 is 1.29 bits per heavy atom. The van der Waals surface area contributed by atoms with E-state index >= 15 is 0 Å². The molecule has 1 atom stereocenters. The Balaban J connectivity index is 2.19. The Morgan fingerprint density at radius 3 is 2.71 bits per heavy atom. The number of ether oxygens (including phenoxy) is 2. The molecule has 1 aromatic heterocycles. The molecule has 110 valence electrons. The molecule has 0 saturated carbocycles. The number of aromatic nitrogens is 2. The fourth-order valence-corrected chi connectivity index (χ4v) is 2.79. The lowest BCUT2D eigenvalue weighted by Crippen LogP contribution is -2.24. The lowest BCUT2D eigenvalue weighted by Gasteiger charge is -2.27. The first-order valence-electron chi connectivity index (χ1n) is 6.69. The first-order valence-corrected chi connectivity index (χ1v) is 6.69. The lowest BCUT2D eigenvalue weighted by atomic mass is 9.86. The highest BCUT2D eigenvalue weighted by Crippen LogP contribution is 2.44. The van der Waals surface area contributed by atoms with Gasteiger partial charge in [0.25, 0.3) is 0 Å². The van der Waals surface area contributed by atoms with E-state index in [0.29, 0.717) is 17.9 Å². The summed E-state index contributed by atoms with van der Waals surface area (Å²) in [4.78, 5) is 19.4. The summed E-state index contributed by atoms with van der Waals surface area (Å²) in [7, 11) is 3.20. The highest BCUT2D eigenvalue weighted by molar-refractivity contribution is 5.96. The number of carbonyl (C=O) groups excluding carboxylic acids is 1. The molecule has 6 nitrogen and oxygen atoms in total. The number of rotatable bonds is 3. The van der Waals surface area contributed by atoms with Crippen LogP contribution in [-0.2, 0) is 4.79 Å². The quantitative estimate of drug-likeness (QED) is 0.907. The minimum absolute atomic E-state index is 0.0368. The summed E-state index contributed by atoms with van der Waals surface area (Å²) in [6, 6.07) is 3.63. The van der Waals surface area contributed by atoms with E-state index in [1.54, 1.807) is 20.5 Å². The monoisotopic (exact) mass is 287 g/mol. The average Bonchev–Trinajstić information content (AvgIpc) is 2.90. The Labute approximate surface area is 122 Å². The van der Waals surface area contributed by atoms with Crippen molar-refractivity contribution in [2.24, 2.45) is 0 Å². The minimum Gasteiger partial charge on any atom is -0.497 e. The van der Waals surface area contributed by atoms with Gasteiger partial charge in [-0.3, -0.25) is 4.79 Å². The van der Waals surface area contributed by atoms with Crippen LogP contribution in [0.4, 0.5) is 5.69 Å². The number of amides is 1. The van der Waals surface area contributed by atoms with Crippen LogP contribution in [0.3, 0.4) is 0 Å². The van der Waals surface area contributed by atoms with Gasteiger partial charge in [-0.25, -0.2) is 4.98 Å². The predicted octanol–water partition coefficient (Wildman–Crippen LogP) is 2.21. The summed E-state index contributed by atoms with van der Waals surface area (Å²) in [6.07, 6.45) is 1.99. The zero-order valence-electron chi connectivity index (χ0n) is 12.2. The van der Waals surface area contributed by atoms with Crippen molar-refractivity contribution in [3.63, 3.8) is 0 Å². The number of aromatic amines is 1. The molecule has 0 aliphatic carbocycles. The molecular weight excluding hydrogens is 270 g/mol. The van der Waals surface area contributed by atoms with Crippen molar-refractivity contribution in [2.75, 3.05) is 19.5 Å². The second kappa shape index (κ2) is 5.12. The van der Waals surface area contributed by atoms with E-state index in [4.69, 9.17) is 9.47 Å². The molecule has 1 aromatic carbocycles. The third-order valence-electron chi connectivity index (χ3n) is 3.78. The Bertz CT molecular complexity index is 693. The molecule has 0 spiro atoms. The maximum atomic E-state index is 12.0. The molecule has 0 saturated heterocycles. The SMILES string of the molecule is COc1cc2c(c(OC)c1)C(c1nc[nH]c1C)CC(=O)N2. The molecule has 2 N–H and O–H groups in total. The molecule has 0 bridgehead atoms. The number of hydrogen-bond acceptors (Lipinski definition) is 4. The van der Waals surface area contributed by atoms with E-state index in [0.717, 1.165) is 22.6 Å². The number of nitrogens with zero attached hydrogens (tertiary/aromatic N) is 1. The van der Waals surface area contributed by atoms with Gasteiger partial charge in [0.15, 0.2) is 0 Å². The molecular formula is C15H17N3O3. The maximum Gasteiger partial charge on any atom is 0.225 e. The number of H-pyrrole nitrogens is 1. The maximum absolute atomic E-state index is 12.0. The normalized spacial score (nSPS) is 17.1. The molecule has 1 unspecified atom stereocenters. The molecule has 3 rings (SSSR count). The van der Waals surface area contributed by atoms with Crippen molar-refractivity contribution < 1.29 is 14.3 Å². The van der Waals surface area contributed by atoms with Gasteiger partial charge < -0.3 is 19.8 Å². The molecule has 21 heavy (non-hydrogen) atoms. The van der Waals surface area contributed by atoms with Crippen LogP contribution in [0.25, 0.3) is 0 Å². The number of aryl methyl sites for hydroxylation is 1. The van der Waals surface area contributed by atoms with Gasteiger partial charge in [0.2, 0.25) is 5.91 Å². The van der Waals surface area contributed by atoms with E-state index in [-0.39, 0.29) is 11.8 Å². The first kappa shape index (κ1) is 13.5. The zero-order chi connectivity index (χ0) is 15.0. The molecule has 1 aliphatic heterocycles. The van der Waals surface area contributed by atoms with Gasteiger partial charge in [-0.2, -0.15) is 0 Å². The predicted molar refractivity (Wildman–Crippen MR) is 78.0 cm³/mol. The smallest absolute Gasteiger partial charge is 0.225 e. The van der Waals surface area contributed by atoms with Gasteiger partial charge in [-0.1, -0.05) is 0 Å².